The molecule has 0 atom stereocenters. The summed E-state index contributed by atoms with van der Waals surface area (Å²) in [6.07, 6.45) is 5.51. The molecule has 0 radical (unpaired) electrons. The molecule has 1 fully saturated rings. The first-order valence-corrected chi connectivity index (χ1v) is 10.0. The van der Waals surface area contributed by atoms with Crippen LogP contribution in [-0.4, -0.2) is 30.6 Å². The van der Waals surface area contributed by atoms with Gasteiger partial charge >= 0.3 is 0 Å². The van der Waals surface area contributed by atoms with Gasteiger partial charge < -0.3 is 30.6 Å². The van der Waals surface area contributed by atoms with Crippen LogP contribution in [0.4, 0.5) is 0 Å². The largest absolute Gasteiger partial charge is 0.504 e. The van der Waals surface area contributed by atoms with Crippen molar-refractivity contribution >= 4 is 0 Å². The van der Waals surface area contributed by atoms with Crippen LogP contribution >= 0.6 is 0 Å². The van der Waals surface area contributed by atoms with Gasteiger partial charge in [0.1, 0.15) is 0 Å². The summed E-state index contributed by atoms with van der Waals surface area (Å²) in [5, 5.41) is 60.0. The number of rotatable bonds is 3. The lowest BCUT2D eigenvalue weighted by Gasteiger charge is -2.24. The number of phenols is 6. The molecule has 6 nitrogen and oxygen atoms in total. The summed E-state index contributed by atoms with van der Waals surface area (Å²) in [5.41, 5.74) is 2.92. The van der Waals surface area contributed by atoms with Crippen LogP contribution in [0.1, 0.15) is 43.6 Å². The van der Waals surface area contributed by atoms with Crippen LogP contribution in [0.15, 0.2) is 42.5 Å². The van der Waals surface area contributed by atoms with E-state index in [4.69, 9.17) is 0 Å². The van der Waals surface area contributed by atoms with E-state index in [2.05, 4.69) is 0 Å². The zero-order valence-corrected chi connectivity index (χ0v) is 16.3. The molecule has 30 heavy (non-hydrogen) atoms. The molecular weight excluding hydrogens is 384 g/mol. The van der Waals surface area contributed by atoms with Crippen molar-refractivity contribution in [2.24, 2.45) is 0 Å². The Morgan fingerprint density at radius 2 is 1.00 bits per heavy atom. The van der Waals surface area contributed by atoms with E-state index in [1.807, 2.05) is 12.1 Å². The maximum Gasteiger partial charge on any atom is 0.200 e. The van der Waals surface area contributed by atoms with Crippen molar-refractivity contribution in [1.82, 2.24) is 0 Å². The Hall–Kier alpha value is -3.54. The number of phenolic OH excluding ortho intramolecular Hbond substituents is 6. The molecule has 3 aromatic rings. The molecule has 1 aliphatic carbocycles. The zero-order valence-electron chi connectivity index (χ0n) is 16.3. The lowest BCUT2D eigenvalue weighted by atomic mass is 9.81. The predicted octanol–water partition coefficient (Wildman–Crippen LogP) is 5.30. The molecule has 0 bridgehead atoms. The maximum atomic E-state index is 10.4. The van der Waals surface area contributed by atoms with Crippen molar-refractivity contribution in [3.8, 4) is 56.8 Å². The highest BCUT2D eigenvalue weighted by Crippen LogP contribution is 2.47. The molecule has 156 valence electrons. The summed E-state index contributed by atoms with van der Waals surface area (Å²) in [6.45, 7) is 0. The molecule has 3 aromatic carbocycles. The van der Waals surface area contributed by atoms with E-state index in [0.717, 1.165) is 31.2 Å². The number of aromatic hydroxyl groups is 6. The Morgan fingerprint density at radius 3 is 1.47 bits per heavy atom. The van der Waals surface area contributed by atoms with Crippen molar-refractivity contribution in [2.75, 3.05) is 0 Å². The quantitative estimate of drug-likeness (QED) is 0.327. The Labute approximate surface area is 173 Å². The van der Waals surface area contributed by atoms with Gasteiger partial charge in [0.25, 0.3) is 0 Å². The van der Waals surface area contributed by atoms with E-state index >= 15 is 0 Å². The van der Waals surface area contributed by atoms with Crippen LogP contribution in [0.3, 0.4) is 0 Å². The van der Waals surface area contributed by atoms with Crippen LogP contribution in [0, 0.1) is 0 Å². The number of benzene rings is 3. The van der Waals surface area contributed by atoms with Gasteiger partial charge in [-0.05, 0) is 65.8 Å². The van der Waals surface area contributed by atoms with Gasteiger partial charge in [-0.25, -0.2) is 0 Å². The minimum absolute atomic E-state index is 0.318. The number of hydrogen-bond acceptors (Lipinski definition) is 6. The molecular formula is C24H24O6. The van der Waals surface area contributed by atoms with E-state index in [0.29, 0.717) is 28.2 Å². The minimum atomic E-state index is -0.595. The third-order valence-corrected chi connectivity index (χ3v) is 5.91. The van der Waals surface area contributed by atoms with E-state index in [1.165, 1.54) is 30.7 Å². The smallest absolute Gasteiger partial charge is 0.200 e. The molecule has 1 aliphatic rings. The normalized spacial score (nSPS) is 14.7. The van der Waals surface area contributed by atoms with Gasteiger partial charge in [-0.15, -0.1) is 0 Å². The summed E-state index contributed by atoms with van der Waals surface area (Å²) >= 11 is 0. The molecule has 1 saturated carbocycles. The zero-order chi connectivity index (χ0) is 21.4. The second kappa shape index (κ2) is 7.71. The van der Waals surface area contributed by atoms with Gasteiger partial charge in [-0.2, -0.15) is 0 Å². The van der Waals surface area contributed by atoms with Gasteiger partial charge in [-0.1, -0.05) is 31.4 Å². The topological polar surface area (TPSA) is 121 Å². The summed E-state index contributed by atoms with van der Waals surface area (Å²) in [5.74, 6) is -2.57. The summed E-state index contributed by atoms with van der Waals surface area (Å²) in [6, 6.07) is 11.3. The molecule has 0 spiro atoms. The summed E-state index contributed by atoms with van der Waals surface area (Å²) < 4.78 is 0. The Balaban J connectivity index is 1.92. The van der Waals surface area contributed by atoms with Crippen molar-refractivity contribution < 1.29 is 30.6 Å². The van der Waals surface area contributed by atoms with Crippen molar-refractivity contribution in [2.45, 2.75) is 38.0 Å². The Morgan fingerprint density at radius 1 is 0.533 bits per heavy atom. The second-order valence-electron chi connectivity index (χ2n) is 7.84. The van der Waals surface area contributed by atoms with E-state index in [9.17, 15) is 30.6 Å². The third-order valence-electron chi connectivity index (χ3n) is 5.91. The molecule has 0 heterocycles. The molecule has 6 heteroatoms. The van der Waals surface area contributed by atoms with Crippen molar-refractivity contribution in [3.05, 3.63) is 48.0 Å². The summed E-state index contributed by atoms with van der Waals surface area (Å²) in [4.78, 5) is 0. The Bertz CT molecular complexity index is 1020. The molecule has 0 amide bonds. The van der Waals surface area contributed by atoms with Gasteiger partial charge in [-0.3, -0.25) is 0 Å². The molecule has 0 aliphatic heterocycles. The number of hydrogen-bond donors (Lipinski definition) is 6. The van der Waals surface area contributed by atoms with Gasteiger partial charge in [0.15, 0.2) is 23.0 Å². The first kappa shape index (κ1) is 19.8. The fraction of sp³-hybridized carbons (Fsp3) is 0.250. The first-order valence-electron chi connectivity index (χ1n) is 10.0. The van der Waals surface area contributed by atoms with Crippen LogP contribution < -0.4 is 0 Å². The lowest BCUT2D eigenvalue weighted by Crippen LogP contribution is -2.05. The molecule has 0 aromatic heterocycles. The van der Waals surface area contributed by atoms with Crippen LogP contribution in [-0.2, 0) is 0 Å². The highest BCUT2D eigenvalue weighted by molar-refractivity contribution is 5.83. The van der Waals surface area contributed by atoms with Gasteiger partial charge in [0.2, 0.25) is 11.5 Å². The fourth-order valence-electron chi connectivity index (χ4n) is 4.24. The third kappa shape index (κ3) is 3.45. The minimum Gasteiger partial charge on any atom is -0.504 e. The molecule has 4 rings (SSSR count). The highest BCUT2D eigenvalue weighted by atomic mass is 16.3. The van der Waals surface area contributed by atoms with E-state index in [1.54, 1.807) is 6.07 Å². The fourth-order valence-corrected chi connectivity index (χ4v) is 4.24. The van der Waals surface area contributed by atoms with Crippen molar-refractivity contribution in [1.29, 1.82) is 0 Å². The molecule has 0 saturated heterocycles. The maximum absolute atomic E-state index is 10.4. The molecule has 6 N–H and O–H groups in total. The Kier molecular flexibility index (Phi) is 5.08. The van der Waals surface area contributed by atoms with Crippen LogP contribution in [0.2, 0.25) is 0 Å². The average molecular weight is 408 g/mol. The van der Waals surface area contributed by atoms with Crippen molar-refractivity contribution in [3.63, 3.8) is 0 Å². The standard InChI is InChI=1S/C24H24O6/c25-19-8-6-17(21(27)23(19)29)15-10-14(13-4-2-1-3-5-13)11-16(12-15)18-7-9-20(26)24(30)22(18)28/h6-13,25-30H,1-5H2. The van der Waals surface area contributed by atoms with Gasteiger partial charge in [0.05, 0.1) is 0 Å². The average Bonchev–Trinajstić information content (AvgIpc) is 2.76. The predicted molar refractivity (Wildman–Crippen MR) is 113 cm³/mol. The van der Waals surface area contributed by atoms with Crippen LogP contribution in [0.5, 0.6) is 34.5 Å². The lowest BCUT2D eigenvalue weighted by molar-refractivity contribution is 0.369. The van der Waals surface area contributed by atoms with E-state index in [-0.39, 0.29) is 0 Å². The highest BCUT2D eigenvalue weighted by Gasteiger charge is 2.21. The molecule has 0 unspecified atom stereocenters. The van der Waals surface area contributed by atoms with Crippen LogP contribution in [0.25, 0.3) is 22.3 Å². The van der Waals surface area contributed by atoms with E-state index < -0.39 is 34.5 Å². The first-order chi connectivity index (χ1) is 14.4. The monoisotopic (exact) mass is 408 g/mol. The second-order valence-corrected chi connectivity index (χ2v) is 7.84. The summed E-state index contributed by atoms with van der Waals surface area (Å²) in [7, 11) is 0. The van der Waals surface area contributed by atoms with Gasteiger partial charge in [0, 0.05) is 11.1 Å². The SMILES string of the molecule is Oc1ccc(-c2cc(-c3ccc(O)c(O)c3O)cc(C3CCCCC3)c2)c(O)c1O.